The predicted octanol–water partition coefficient (Wildman–Crippen LogP) is 2.45. The average Bonchev–Trinajstić information content (AvgIpc) is 2.45. The van der Waals surface area contributed by atoms with Crippen molar-refractivity contribution in [3.05, 3.63) is 28.3 Å². The fourth-order valence-electron chi connectivity index (χ4n) is 1.73. The van der Waals surface area contributed by atoms with Gasteiger partial charge in [-0.3, -0.25) is 10.1 Å². The standard InChI is InChI=1S/C13H21N3O4S/c1-6-13(2,3)15(5)21(19,20)12-8-7-10(14-4)9-11(12)16(17)18/h7-9,14H,6H2,1-5H3. The quantitative estimate of drug-likeness (QED) is 0.643. The van der Waals surface area contributed by atoms with Crippen LogP contribution in [0.3, 0.4) is 0 Å². The van der Waals surface area contributed by atoms with Gasteiger partial charge in [0.25, 0.3) is 5.69 Å². The van der Waals surface area contributed by atoms with Crippen LogP contribution in [-0.2, 0) is 10.0 Å². The van der Waals surface area contributed by atoms with Crippen LogP contribution in [-0.4, -0.2) is 37.3 Å². The Morgan fingerprint density at radius 3 is 2.38 bits per heavy atom. The van der Waals surface area contributed by atoms with E-state index >= 15 is 0 Å². The number of hydrogen-bond donors (Lipinski definition) is 1. The Morgan fingerprint density at radius 2 is 1.95 bits per heavy atom. The molecule has 0 fully saturated rings. The minimum Gasteiger partial charge on any atom is -0.388 e. The van der Waals surface area contributed by atoms with Crippen LogP contribution in [0.4, 0.5) is 11.4 Å². The van der Waals surface area contributed by atoms with Crippen molar-refractivity contribution >= 4 is 21.4 Å². The first kappa shape index (κ1) is 17.4. The normalized spacial score (nSPS) is 12.5. The molecule has 0 aliphatic carbocycles. The van der Waals surface area contributed by atoms with E-state index < -0.39 is 26.2 Å². The number of nitrogens with one attached hydrogen (secondary N) is 1. The van der Waals surface area contributed by atoms with Gasteiger partial charge in [0.2, 0.25) is 10.0 Å². The zero-order valence-electron chi connectivity index (χ0n) is 12.9. The summed E-state index contributed by atoms with van der Waals surface area (Å²) in [5.74, 6) is 0. The first-order chi connectivity index (χ1) is 9.57. The second-order valence-electron chi connectivity index (χ2n) is 5.33. The summed E-state index contributed by atoms with van der Waals surface area (Å²) in [4.78, 5) is 10.2. The predicted molar refractivity (Wildman–Crippen MR) is 82.0 cm³/mol. The lowest BCUT2D eigenvalue weighted by molar-refractivity contribution is -0.387. The van der Waals surface area contributed by atoms with Gasteiger partial charge in [-0.25, -0.2) is 8.42 Å². The van der Waals surface area contributed by atoms with Crippen LogP contribution in [0.25, 0.3) is 0 Å². The molecule has 7 nitrogen and oxygen atoms in total. The summed E-state index contributed by atoms with van der Waals surface area (Å²) >= 11 is 0. The number of sulfonamides is 1. The molecule has 0 radical (unpaired) electrons. The molecule has 0 bridgehead atoms. The molecule has 1 rings (SSSR count). The molecule has 21 heavy (non-hydrogen) atoms. The molecule has 0 spiro atoms. The van der Waals surface area contributed by atoms with Gasteiger partial charge in [0.1, 0.15) is 0 Å². The van der Waals surface area contributed by atoms with Gasteiger partial charge in [0.05, 0.1) is 4.92 Å². The van der Waals surface area contributed by atoms with Crippen LogP contribution in [0.1, 0.15) is 27.2 Å². The largest absolute Gasteiger partial charge is 0.388 e. The van der Waals surface area contributed by atoms with E-state index in [2.05, 4.69) is 5.32 Å². The third kappa shape index (κ3) is 3.33. The zero-order chi connectivity index (χ0) is 16.4. The lowest BCUT2D eigenvalue weighted by atomic mass is 10.0. The lowest BCUT2D eigenvalue weighted by Gasteiger charge is -2.33. The van der Waals surface area contributed by atoms with Crippen molar-refractivity contribution in [3.63, 3.8) is 0 Å². The average molecular weight is 315 g/mol. The van der Waals surface area contributed by atoms with E-state index in [-0.39, 0.29) is 4.90 Å². The maximum atomic E-state index is 12.7. The van der Waals surface area contributed by atoms with Crippen molar-refractivity contribution in [2.75, 3.05) is 19.4 Å². The van der Waals surface area contributed by atoms with Crippen molar-refractivity contribution in [2.45, 2.75) is 37.6 Å². The van der Waals surface area contributed by atoms with Crippen LogP contribution >= 0.6 is 0 Å². The fourth-order valence-corrected chi connectivity index (χ4v) is 3.44. The van der Waals surface area contributed by atoms with E-state index in [1.807, 2.05) is 6.92 Å². The molecular formula is C13H21N3O4S. The number of anilines is 1. The Morgan fingerprint density at radius 1 is 1.38 bits per heavy atom. The van der Waals surface area contributed by atoms with E-state index in [9.17, 15) is 18.5 Å². The summed E-state index contributed by atoms with van der Waals surface area (Å²) in [5.41, 5.74) is -0.576. The first-order valence-electron chi connectivity index (χ1n) is 6.53. The Labute approximate surface area is 125 Å². The summed E-state index contributed by atoms with van der Waals surface area (Å²) in [6, 6.07) is 3.99. The second kappa shape index (κ2) is 5.98. The number of nitrogens with zero attached hydrogens (tertiary/aromatic N) is 2. The number of hydrogen-bond acceptors (Lipinski definition) is 5. The topological polar surface area (TPSA) is 92.6 Å². The van der Waals surface area contributed by atoms with Gasteiger partial charge in [0.15, 0.2) is 4.90 Å². The number of rotatable bonds is 6. The molecular weight excluding hydrogens is 294 g/mol. The van der Waals surface area contributed by atoms with Crippen LogP contribution in [0, 0.1) is 10.1 Å². The molecule has 1 N–H and O–H groups in total. The van der Waals surface area contributed by atoms with Crippen molar-refractivity contribution in [1.29, 1.82) is 0 Å². The summed E-state index contributed by atoms with van der Waals surface area (Å²) in [5, 5.41) is 13.9. The van der Waals surface area contributed by atoms with Crippen molar-refractivity contribution in [1.82, 2.24) is 4.31 Å². The van der Waals surface area contributed by atoms with Gasteiger partial charge in [-0.1, -0.05) is 6.92 Å². The van der Waals surface area contributed by atoms with Gasteiger partial charge >= 0.3 is 0 Å². The SMILES string of the molecule is CCC(C)(C)N(C)S(=O)(=O)c1ccc(NC)cc1[N+](=O)[O-]. The summed E-state index contributed by atoms with van der Waals surface area (Å²) in [6.45, 7) is 5.42. The second-order valence-corrected chi connectivity index (χ2v) is 7.27. The van der Waals surface area contributed by atoms with Crippen molar-refractivity contribution in [3.8, 4) is 0 Å². The molecule has 0 atom stereocenters. The molecule has 0 aliphatic heterocycles. The Balaban J connectivity index is 3.48. The highest BCUT2D eigenvalue weighted by atomic mass is 32.2. The smallest absolute Gasteiger partial charge is 0.291 e. The monoisotopic (exact) mass is 315 g/mol. The summed E-state index contributed by atoms with van der Waals surface area (Å²) < 4.78 is 26.5. The Hall–Kier alpha value is -1.67. The Bertz CT molecular complexity index is 641. The minimum atomic E-state index is -3.95. The maximum Gasteiger partial charge on any atom is 0.291 e. The van der Waals surface area contributed by atoms with Gasteiger partial charge in [-0.2, -0.15) is 4.31 Å². The third-order valence-corrected chi connectivity index (χ3v) is 5.92. The number of nitro benzene ring substituents is 1. The lowest BCUT2D eigenvalue weighted by Crippen LogP contribution is -2.44. The summed E-state index contributed by atoms with van der Waals surface area (Å²) in [6.07, 6.45) is 0.588. The molecule has 8 heteroatoms. The Kier molecular flexibility index (Phi) is 4.95. The van der Waals surface area contributed by atoms with E-state index in [4.69, 9.17) is 0 Å². The molecule has 0 amide bonds. The molecule has 0 saturated carbocycles. The molecule has 1 aromatic carbocycles. The molecule has 0 aromatic heterocycles. The van der Waals surface area contributed by atoms with Gasteiger partial charge in [-0.05, 0) is 32.4 Å². The van der Waals surface area contributed by atoms with Crippen molar-refractivity contribution in [2.24, 2.45) is 0 Å². The number of benzene rings is 1. The van der Waals surface area contributed by atoms with Crippen LogP contribution in [0.5, 0.6) is 0 Å². The number of nitro groups is 1. The van der Waals surface area contributed by atoms with Gasteiger partial charge < -0.3 is 5.32 Å². The highest BCUT2D eigenvalue weighted by Crippen LogP contribution is 2.32. The highest BCUT2D eigenvalue weighted by molar-refractivity contribution is 7.89. The molecule has 0 aliphatic rings. The summed E-state index contributed by atoms with van der Waals surface area (Å²) in [7, 11) is -0.896. The molecule has 0 heterocycles. The van der Waals surface area contributed by atoms with Gasteiger partial charge in [-0.15, -0.1) is 0 Å². The van der Waals surface area contributed by atoms with E-state index in [0.29, 0.717) is 12.1 Å². The molecule has 1 aromatic rings. The first-order valence-corrected chi connectivity index (χ1v) is 7.97. The van der Waals surface area contributed by atoms with Gasteiger partial charge in [0, 0.05) is 31.4 Å². The van der Waals surface area contributed by atoms with Crippen molar-refractivity contribution < 1.29 is 13.3 Å². The van der Waals surface area contributed by atoms with E-state index in [1.54, 1.807) is 20.9 Å². The fraction of sp³-hybridized carbons (Fsp3) is 0.538. The van der Waals surface area contributed by atoms with Crippen LogP contribution in [0.15, 0.2) is 23.1 Å². The van der Waals surface area contributed by atoms with Crippen LogP contribution in [0.2, 0.25) is 0 Å². The third-order valence-electron chi connectivity index (χ3n) is 3.80. The van der Waals surface area contributed by atoms with Crippen LogP contribution < -0.4 is 5.32 Å². The van der Waals surface area contributed by atoms with E-state index in [1.165, 1.54) is 29.6 Å². The minimum absolute atomic E-state index is 0.296. The highest BCUT2D eigenvalue weighted by Gasteiger charge is 2.36. The molecule has 0 unspecified atom stereocenters. The zero-order valence-corrected chi connectivity index (χ0v) is 13.7. The maximum absolute atomic E-state index is 12.7. The van der Waals surface area contributed by atoms with E-state index in [0.717, 1.165) is 0 Å². The molecule has 0 saturated heterocycles. The molecule has 118 valence electrons.